The van der Waals surface area contributed by atoms with E-state index < -0.39 is 0 Å². The smallest absolute Gasteiger partial charge is 0.271 e. The molecule has 1 N–H and O–H groups in total. The van der Waals surface area contributed by atoms with Crippen LogP contribution in [-0.4, -0.2) is 19.2 Å². The van der Waals surface area contributed by atoms with E-state index in [1.807, 2.05) is 36.4 Å². The second-order valence-electron chi connectivity index (χ2n) is 6.02. The molecule has 0 unspecified atom stereocenters. The lowest BCUT2D eigenvalue weighted by Gasteiger charge is -2.13. The van der Waals surface area contributed by atoms with Crippen LogP contribution in [0.25, 0.3) is 0 Å². The molecule has 0 saturated carbocycles. The van der Waals surface area contributed by atoms with Crippen LogP contribution in [-0.2, 0) is 6.61 Å². The Bertz CT molecular complexity index is 1030. The maximum Gasteiger partial charge on any atom is 0.271 e. The summed E-state index contributed by atoms with van der Waals surface area (Å²) in [5, 5.41) is 4.38. The van der Waals surface area contributed by atoms with Crippen molar-refractivity contribution >= 4 is 39.7 Å². The Morgan fingerprint density at radius 3 is 2.66 bits per heavy atom. The molecule has 7 heteroatoms. The van der Waals surface area contributed by atoms with Crippen molar-refractivity contribution in [2.24, 2.45) is 5.10 Å². The summed E-state index contributed by atoms with van der Waals surface area (Å²) < 4.78 is 12.1. The zero-order chi connectivity index (χ0) is 20.6. The number of carbonyl (C=O) groups excluding carboxylic acids is 1. The van der Waals surface area contributed by atoms with Crippen molar-refractivity contribution in [1.82, 2.24) is 5.43 Å². The summed E-state index contributed by atoms with van der Waals surface area (Å²) in [4.78, 5) is 12.1. The minimum Gasteiger partial charge on any atom is -0.493 e. The van der Waals surface area contributed by atoms with E-state index in [9.17, 15) is 4.79 Å². The second-order valence-corrected chi connectivity index (χ2v) is 7.34. The highest BCUT2D eigenvalue weighted by atomic mass is 79.9. The van der Waals surface area contributed by atoms with Crippen molar-refractivity contribution in [2.75, 3.05) is 7.11 Å². The van der Waals surface area contributed by atoms with E-state index in [0.717, 1.165) is 10.0 Å². The van der Waals surface area contributed by atoms with Crippen molar-refractivity contribution in [2.45, 2.75) is 6.61 Å². The number of hydrazone groups is 1. The third-order valence-electron chi connectivity index (χ3n) is 3.94. The number of benzene rings is 3. The molecule has 0 radical (unpaired) electrons. The monoisotopic (exact) mass is 472 g/mol. The number of halogens is 2. The molecule has 0 fully saturated rings. The SMILES string of the molecule is COc1cc(/C=N\NC(=O)c2cccc(Br)c2)cc(Cl)c1OCc1ccccc1. The lowest BCUT2D eigenvalue weighted by atomic mass is 10.2. The molecule has 0 bridgehead atoms. The largest absolute Gasteiger partial charge is 0.493 e. The first kappa shape index (κ1) is 20.9. The molecule has 3 aromatic carbocycles. The Kier molecular flexibility index (Phi) is 7.27. The summed E-state index contributed by atoms with van der Waals surface area (Å²) >= 11 is 9.71. The van der Waals surface area contributed by atoms with Crippen molar-refractivity contribution in [1.29, 1.82) is 0 Å². The molecule has 0 aliphatic carbocycles. The highest BCUT2D eigenvalue weighted by Crippen LogP contribution is 2.36. The average Bonchev–Trinajstić information content (AvgIpc) is 2.73. The summed E-state index contributed by atoms with van der Waals surface area (Å²) in [5.74, 6) is 0.616. The van der Waals surface area contributed by atoms with E-state index in [1.165, 1.54) is 13.3 Å². The average molecular weight is 474 g/mol. The predicted octanol–water partition coefficient (Wildman–Crippen LogP) is 5.45. The molecule has 0 heterocycles. The maximum absolute atomic E-state index is 12.1. The van der Waals surface area contributed by atoms with Crippen molar-refractivity contribution in [3.63, 3.8) is 0 Å². The fourth-order valence-corrected chi connectivity index (χ4v) is 3.22. The maximum atomic E-state index is 12.1. The molecule has 0 aliphatic rings. The minimum absolute atomic E-state index is 0.316. The first-order valence-electron chi connectivity index (χ1n) is 8.70. The Labute approximate surface area is 182 Å². The van der Waals surface area contributed by atoms with Crippen LogP contribution in [0.2, 0.25) is 5.02 Å². The van der Waals surface area contributed by atoms with Crippen molar-refractivity contribution in [3.8, 4) is 11.5 Å². The predicted molar refractivity (Wildman–Crippen MR) is 118 cm³/mol. The second kappa shape index (κ2) is 10.1. The van der Waals surface area contributed by atoms with Gasteiger partial charge < -0.3 is 9.47 Å². The third kappa shape index (κ3) is 5.82. The molecule has 0 aromatic heterocycles. The molecule has 5 nitrogen and oxygen atoms in total. The first-order valence-corrected chi connectivity index (χ1v) is 9.87. The Morgan fingerprint density at radius 2 is 1.93 bits per heavy atom. The number of nitrogens with zero attached hydrogens (tertiary/aromatic N) is 1. The molecule has 0 atom stereocenters. The zero-order valence-electron chi connectivity index (χ0n) is 15.6. The first-order chi connectivity index (χ1) is 14.1. The van der Waals surface area contributed by atoms with Gasteiger partial charge in [-0.15, -0.1) is 0 Å². The van der Waals surface area contributed by atoms with E-state index in [1.54, 1.807) is 30.3 Å². The third-order valence-corrected chi connectivity index (χ3v) is 4.72. The van der Waals surface area contributed by atoms with Crippen LogP contribution in [0, 0.1) is 0 Å². The molecule has 3 aromatic rings. The Morgan fingerprint density at radius 1 is 1.14 bits per heavy atom. The molecule has 3 rings (SSSR count). The van der Waals surface area contributed by atoms with Crippen LogP contribution >= 0.6 is 27.5 Å². The van der Waals surface area contributed by atoms with Crippen LogP contribution in [0.1, 0.15) is 21.5 Å². The number of amides is 1. The fourth-order valence-electron chi connectivity index (χ4n) is 2.54. The van der Waals surface area contributed by atoms with Crippen LogP contribution in [0.4, 0.5) is 0 Å². The Hall–Kier alpha value is -2.83. The van der Waals surface area contributed by atoms with Gasteiger partial charge in [0, 0.05) is 10.0 Å². The van der Waals surface area contributed by atoms with Gasteiger partial charge in [-0.1, -0.05) is 63.9 Å². The topological polar surface area (TPSA) is 59.9 Å². The number of rotatable bonds is 7. The number of methoxy groups -OCH3 is 1. The number of ether oxygens (including phenoxy) is 2. The summed E-state index contributed by atoms with van der Waals surface area (Å²) in [5.41, 5.74) is 4.66. The molecule has 0 saturated heterocycles. The highest BCUT2D eigenvalue weighted by Gasteiger charge is 2.12. The van der Waals surface area contributed by atoms with Crippen molar-refractivity contribution < 1.29 is 14.3 Å². The number of hydrogen-bond acceptors (Lipinski definition) is 4. The number of hydrogen-bond donors (Lipinski definition) is 1. The molecule has 0 aliphatic heterocycles. The fraction of sp³-hybridized carbons (Fsp3) is 0.0909. The molecule has 0 spiro atoms. The van der Waals surface area contributed by atoms with Gasteiger partial charge in [-0.3, -0.25) is 4.79 Å². The lowest BCUT2D eigenvalue weighted by molar-refractivity contribution is 0.0955. The summed E-state index contributed by atoms with van der Waals surface area (Å²) in [6, 6.07) is 20.2. The normalized spacial score (nSPS) is 10.7. The van der Waals surface area contributed by atoms with E-state index in [4.69, 9.17) is 21.1 Å². The van der Waals surface area contributed by atoms with E-state index in [2.05, 4.69) is 26.5 Å². The van der Waals surface area contributed by atoms with Crippen LogP contribution in [0.3, 0.4) is 0 Å². The standard InChI is InChI=1S/C22H18BrClN2O3/c1-28-20-11-16(13-25-26-22(27)17-8-5-9-18(23)12-17)10-19(24)21(20)29-14-15-6-3-2-4-7-15/h2-13H,14H2,1H3,(H,26,27)/b25-13-. The van der Waals surface area contributed by atoms with Crippen molar-refractivity contribution in [3.05, 3.63) is 92.9 Å². The highest BCUT2D eigenvalue weighted by molar-refractivity contribution is 9.10. The van der Waals surface area contributed by atoms with E-state index in [0.29, 0.717) is 34.3 Å². The molecular formula is C22H18BrClN2O3. The van der Waals surface area contributed by atoms with E-state index in [-0.39, 0.29) is 5.91 Å². The van der Waals surface area contributed by atoms with Gasteiger partial charge >= 0.3 is 0 Å². The van der Waals surface area contributed by atoms with Gasteiger partial charge in [0.15, 0.2) is 11.5 Å². The molecule has 148 valence electrons. The van der Waals surface area contributed by atoms with Crippen LogP contribution < -0.4 is 14.9 Å². The van der Waals surface area contributed by atoms with Gasteiger partial charge in [-0.05, 0) is 41.5 Å². The lowest BCUT2D eigenvalue weighted by Crippen LogP contribution is -2.17. The van der Waals surface area contributed by atoms with Gasteiger partial charge in [0.05, 0.1) is 18.3 Å². The molecule has 29 heavy (non-hydrogen) atoms. The van der Waals surface area contributed by atoms with Gasteiger partial charge in [0.25, 0.3) is 5.91 Å². The quantitative estimate of drug-likeness (QED) is 0.366. The number of nitrogens with one attached hydrogen (secondary N) is 1. The summed E-state index contributed by atoms with van der Waals surface area (Å²) in [6.07, 6.45) is 1.49. The van der Waals surface area contributed by atoms with E-state index >= 15 is 0 Å². The van der Waals surface area contributed by atoms with Crippen LogP contribution in [0.5, 0.6) is 11.5 Å². The minimum atomic E-state index is -0.316. The Balaban J connectivity index is 1.69. The van der Waals surface area contributed by atoms with Gasteiger partial charge in [-0.2, -0.15) is 5.10 Å². The van der Waals surface area contributed by atoms with Gasteiger partial charge in [-0.25, -0.2) is 5.43 Å². The zero-order valence-corrected chi connectivity index (χ0v) is 17.9. The molecular weight excluding hydrogens is 456 g/mol. The molecule has 1 amide bonds. The van der Waals surface area contributed by atoms with Gasteiger partial charge in [0.2, 0.25) is 0 Å². The van der Waals surface area contributed by atoms with Crippen LogP contribution in [0.15, 0.2) is 76.3 Å². The number of carbonyl (C=O) groups is 1. The summed E-state index contributed by atoms with van der Waals surface area (Å²) in [6.45, 7) is 0.368. The summed E-state index contributed by atoms with van der Waals surface area (Å²) in [7, 11) is 1.54. The van der Waals surface area contributed by atoms with Gasteiger partial charge in [0.1, 0.15) is 6.61 Å².